The van der Waals surface area contributed by atoms with Crippen LogP contribution in [0.25, 0.3) is 11.0 Å². The van der Waals surface area contributed by atoms with Crippen LogP contribution in [-0.2, 0) is 18.4 Å². The van der Waals surface area contributed by atoms with Gasteiger partial charge in [-0.2, -0.15) is 0 Å². The lowest BCUT2D eigenvalue weighted by Gasteiger charge is -2.34. The first-order valence-electron chi connectivity index (χ1n) is 7.74. The van der Waals surface area contributed by atoms with Crippen LogP contribution in [-0.4, -0.2) is 45.6 Å². The Morgan fingerprint density at radius 2 is 2.00 bits per heavy atom. The number of benzene rings is 1. The molecule has 1 fully saturated rings. The molecule has 0 bridgehead atoms. The molecule has 7 heteroatoms. The van der Waals surface area contributed by atoms with Crippen molar-refractivity contribution in [3.63, 3.8) is 0 Å². The number of fused-ring (bicyclic) bond motifs is 1. The third-order valence-electron chi connectivity index (χ3n) is 4.42. The Labute approximate surface area is 141 Å². The van der Waals surface area contributed by atoms with E-state index in [1.807, 2.05) is 36.1 Å². The fourth-order valence-electron chi connectivity index (χ4n) is 3.14. The normalized spacial score (nSPS) is 18.0. The van der Waals surface area contributed by atoms with Crippen LogP contribution in [0.3, 0.4) is 0 Å². The lowest BCUT2D eigenvalue weighted by atomic mass is 10.2. The van der Waals surface area contributed by atoms with E-state index in [4.69, 9.17) is 0 Å². The number of piperazine rings is 1. The number of aryl methyl sites for hydroxylation is 2. The Morgan fingerprint density at radius 1 is 1.30 bits per heavy atom. The summed E-state index contributed by atoms with van der Waals surface area (Å²) in [5, 5.41) is 3.28. The first-order chi connectivity index (χ1) is 10.6. The average molecular weight is 339 g/mol. The summed E-state index contributed by atoms with van der Waals surface area (Å²) in [6, 6.07) is 7.89. The lowest BCUT2D eigenvalue weighted by molar-refractivity contribution is -0.134. The number of amides is 1. The highest BCUT2D eigenvalue weighted by Gasteiger charge is 2.23. The maximum atomic E-state index is 12.4. The molecule has 1 aliphatic rings. The van der Waals surface area contributed by atoms with E-state index in [2.05, 4.69) is 5.32 Å². The fraction of sp³-hybridized carbons (Fsp3) is 0.500. The van der Waals surface area contributed by atoms with Crippen molar-refractivity contribution in [2.45, 2.75) is 25.9 Å². The van der Waals surface area contributed by atoms with Crippen LogP contribution in [0.2, 0.25) is 0 Å². The zero-order chi connectivity index (χ0) is 15.7. The van der Waals surface area contributed by atoms with Crippen molar-refractivity contribution >= 4 is 29.3 Å². The Hall–Kier alpha value is -1.79. The molecule has 1 aromatic carbocycles. The molecule has 1 saturated heterocycles. The summed E-state index contributed by atoms with van der Waals surface area (Å²) in [7, 11) is 1.77. The number of halogens is 1. The second-order valence-electron chi connectivity index (χ2n) is 5.87. The smallest absolute Gasteiger partial charge is 0.328 e. The molecule has 1 amide bonds. The molecule has 1 aliphatic heterocycles. The number of carbonyl (C=O) groups excluding carboxylic acids is 1. The number of nitrogens with zero attached hydrogens (tertiary/aromatic N) is 3. The minimum absolute atomic E-state index is 0. The summed E-state index contributed by atoms with van der Waals surface area (Å²) in [6.07, 6.45) is 0.359. The topological polar surface area (TPSA) is 59.3 Å². The predicted molar refractivity (Wildman–Crippen MR) is 93.1 cm³/mol. The highest BCUT2D eigenvalue weighted by molar-refractivity contribution is 5.85. The molecule has 1 unspecified atom stereocenters. The Balaban J connectivity index is 0.00000192. The Morgan fingerprint density at radius 3 is 2.70 bits per heavy atom. The minimum atomic E-state index is -0.0673. The highest BCUT2D eigenvalue weighted by Crippen LogP contribution is 2.13. The lowest BCUT2D eigenvalue weighted by Crippen LogP contribution is -2.52. The molecular weight excluding hydrogens is 316 g/mol. The van der Waals surface area contributed by atoms with E-state index >= 15 is 0 Å². The molecular formula is C16H23ClN4O2. The zero-order valence-corrected chi connectivity index (χ0v) is 14.3. The van der Waals surface area contributed by atoms with Crippen LogP contribution in [0.5, 0.6) is 0 Å². The molecule has 23 heavy (non-hydrogen) atoms. The van der Waals surface area contributed by atoms with Crippen LogP contribution in [0.4, 0.5) is 0 Å². The molecule has 2 heterocycles. The summed E-state index contributed by atoms with van der Waals surface area (Å²) < 4.78 is 3.33. The molecule has 0 radical (unpaired) electrons. The van der Waals surface area contributed by atoms with Gasteiger partial charge in [-0.05, 0) is 19.1 Å². The summed E-state index contributed by atoms with van der Waals surface area (Å²) in [4.78, 5) is 26.7. The van der Waals surface area contributed by atoms with Crippen molar-refractivity contribution in [3.05, 3.63) is 34.7 Å². The first kappa shape index (κ1) is 17.6. The monoisotopic (exact) mass is 338 g/mol. The maximum Gasteiger partial charge on any atom is 0.328 e. The average Bonchev–Trinajstić information content (AvgIpc) is 2.77. The van der Waals surface area contributed by atoms with Crippen LogP contribution < -0.4 is 11.0 Å². The molecule has 1 aromatic heterocycles. The van der Waals surface area contributed by atoms with Gasteiger partial charge in [-0.1, -0.05) is 12.1 Å². The molecule has 0 saturated carbocycles. The number of nitrogens with one attached hydrogen (secondary N) is 1. The second-order valence-corrected chi connectivity index (χ2v) is 5.87. The SMILES string of the molecule is CC1CNCCN1C(=O)CCn1c(=O)n(C)c2ccccc21.Cl. The van der Waals surface area contributed by atoms with Gasteiger partial charge in [0.1, 0.15) is 0 Å². The van der Waals surface area contributed by atoms with Crippen molar-refractivity contribution in [2.24, 2.45) is 7.05 Å². The number of para-hydroxylation sites is 2. The molecule has 3 rings (SSSR count). The van der Waals surface area contributed by atoms with Gasteiger partial charge in [0, 0.05) is 45.7 Å². The van der Waals surface area contributed by atoms with Crippen LogP contribution >= 0.6 is 12.4 Å². The summed E-state index contributed by atoms with van der Waals surface area (Å²) >= 11 is 0. The molecule has 1 atom stereocenters. The number of hydrogen-bond donors (Lipinski definition) is 1. The first-order valence-corrected chi connectivity index (χ1v) is 7.74. The van der Waals surface area contributed by atoms with Crippen LogP contribution in [0.15, 0.2) is 29.1 Å². The third kappa shape index (κ3) is 3.28. The number of carbonyl (C=O) groups is 1. The largest absolute Gasteiger partial charge is 0.337 e. The molecule has 126 valence electrons. The van der Waals surface area contributed by atoms with E-state index in [1.165, 1.54) is 0 Å². The van der Waals surface area contributed by atoms with E-state index in [9.17, 15) is 9.59 Å². The maximum absolute atomic E-state index is 12.4. The third-order valence-corrected chi connectivity index (χ3v) is 4.42. The number of hydrogen-bond acceptors (Lipinski definition) is 3. The van der Waals surface area contributed by atoms with Gasteiger partial charge >= 0.3 is 5.69 Å². The van der Waals surface area contributed by atoms with Gasteiger partial charge in [-0.15, -0.1) is 12.4 Å². The van der Waals surface area contributed by atoms with E-state index < -0.39 is 0 Å². The van der Waals surface area contributed by atoms with Crippen LogP contribution in [0, 0.1) is 0 Å². The molecule has 2 aromatic rings. The fourth-order valence-corrected chi connectivity index (χ4v) is 3.14. The Bertz CT molecular complexity index is 752. The van der Waals surface area contributed by atoms with Crippen molar-refractivity contribution in [3.8, 4) is 0 Å². The van der Waals surface area contributed by atoms with Crippen molar-refractivity contribution in [1.82, 2.24) is 19.4 Å². The Kier molecular flexibility index (Phi) is 5.49. The van der Waals surface area contributed by atoms with Gasteiger partial charge in [-0.25, -0.2) is 4.79 Å². The zero-order valence-electron chi connectivity index (χ0n) is 13.5. The summed E-state index contributed by atoms with van der Waals surface area (Å²) in [6.45, 7) is 4.89. The second kappa shape index (κ2) is 7.19. The van der Waals surface area contributed by atoms with E-state index in [1.54, 1.807) is 16.2 Å². The highest BCUT2D eigenvalue weighted by atomic mass is 35.5. The molecule has 0 spiro atoms. The van der Waals surface area contributed by atoms with Gasteiger partial charge in [0.2, 0.25) is 5.91 Å². The van der Waals surface area contributed by atoms with Gasteiger partial charge in [-0.3, -0.25) is 13.9 Å². The van der Waals surface area contributed by atoms with Gasteiger partial charge in [0.05, 0.1) is 11.0 Å². The number of aromatic nitrogens is 2. The van der Waals surface area contributed by atoms with Crippen molar-refractivity contribution in [2.75, 3.05) is 19.6 Å². The van der Waals surface area contributed by atoms with Gasteiger partial charge in [0.15, 0.2) is 0 Å². The molecule has 0 aliphatic carbocycles. The van der Waals surface area contributed by atoms with Crippen LogP contribution in [0.1, 0.15) is 13.3 Å². The minimum Gasteiger partial charge on any atom is -0.337 e. The van der Waals surface area contributed by atoms with Crippen molar-refractivity contribution in [1.29, 1.82) is 0 Å². The number of imidazole rings is 1. The van der Waals surface area contributed by atoms with E-state index in [0.29, 0.717) is 13.0 Å². The molecule has 6 nitrogen and oxygen atoms in total. The van der Waals surface area contributed by atoms with E-state index in [0.717, 1.165) is 30.7 Å². The van der Waals surface area contributed by atoms with E-state index in [-0.39, 0.29) is 30.0 Å². The summed E-state index contributed by atoms with van der Waals surface area (Å²) in [5.41, 5.74) is 1.72. The molecule has 1 N–H and O–H groups in total. The van der Waals surface area contributed by atoms with Gasteiger partial charge < -0.3 is 10.2 Å². The van der Waals surface area contributed by atoms with Gasteiger partial charge in [0.25, 0.3) is 0 Å². The number of rotatable bonds is 3. The quantitative estimate of drug-likeness (QED) is 0.907. The standard InChI is InChI=1S/C16H22N4O2.ClH/c1-12-11-17-8-10-19(12)15(21)7-9-20-14-6-4-3-5-13(14)18(2)16(20)22;/h3-6,12,17H,7-11H2,1-2H3;1H. The summed E-state index contributed by atoms with van der Waals surface area (Å²) in [5.74, 6) is 0.119. The van der Waals surface area contributed by atoms with Crippen molar-refractivity contribution < 1.29 is 4.79 Å². The predicted octanol–water partition coefficient (Wildman–Crippen LogP) is 0.972.